The first-order chi connectivity index (χ1) is 12.2. The second-order valence-corrected chi connectivity index (χ2v) is 7.89. The average molecular weight is 343 g/mol. The lowest BCUT2D eigenvalue weighted by molar-refractivity contribution is 0.167. The zero-order chi connectivity index (χ0) is 17.2. The number of hydrogen-bond donors (Lipinski definition) is 2. The number of carbonyl (C=O) groups excluding carboxylic acids is 1. The smallest absolute Gasteiger partial charge is 0.317 e. The fourth-order valence-corrected chi connectivity index (χ4v) is 4.69. The van der Waals surface area contributed by atoms with Crippen molar-refractivity contribution in [2.45, 2.75) is 44.3 Å². The highest BCUT2D eigenvalue weighted by atomic mass is 16.3. The van der Waals surface area contributed by atoms with Gasteiger partial charge in [-0.15, -0.1) is 0 Å². The van der Waals surface area contributed by atoms with Gasteiger partial charge in [-0.2, -0.15) is 0 Å². The fourth-order valence-electron chi connectivity index (χ4n) is 4.69. The monoisotopic (exact) mass is 343 g/mol. The quantitative estimate of drug-likeness (QED) is 0.831. The van der Waals surface area contributed by atoms with Crippen molar-refractivity contribution in [3.05, 3.63) is 35.9 Å². The van der Waals surface area contributed by atoms with E-state index in [0.29, 0.717) is 30.5 Å². The Bertz CT molecular complexity index is 590. The number of fused-ring (bicyclic) bond motifs is 1. The van der Waals surface area contributed by atoms with Crippen LogP contribution in [0, 0.1) is 11.8 Å². The van der Waals surface area contributed by atoms with Gasteiger partial charge in [0.2, 0.25) is 0 Å². The summed E-state index contributed by atoms with van der Waals surface area (Å²) in [5.41, 5.74) is 1.37. The molecule has 5 nitrogen and oxygen atoms in total. The van der Waals surface area contributed by atoms with Crippen molar-refractivity contribution in [2.75, 3.05) is 26.2 Å². The van der Waals surface area contributed by atoms with E-state index in [-0.39, 0.29) is 12.6 Å². The summed E-state index contributed by atoms with van der Waals surface area (Å²) in [6.45, 7) is 3.74. The van der Waals surface area contributed by atoms with Crippen molar-refractivity contribution < 1.29 is 9.90 Å². The first kappa shape index (κ1) is 16.9. The van der Waals surface area contributed by atoms with E-state index in [0.717, 1.165) is 38.9 Å². The fraction of sp³-hybridized carbons (Fsp3) is 0.650. The lowest BCUT2D eigenvalue weighted by atomic mass is 9.98. The Hall–Kier alpha value is -1.59. The Morgan fingerprint density at radius 3 is 2.68 bits per heavy atom. The number of urea groups is 1. The molecule has 1 heterocycles. The molecule has 2 saturated carbocycles. The third-order valence-corrected chi connectivity index (χ3v) is 6.08. The van der Waals surface area contributed by atoms with Crippen LogP contribution in [0.1, 0.15) is 31.2 Å². The Morgan fingerprint density at radius 2 is 1.96 bits per heavy atom. The number of aliphatic hydroxyl groups is 1. The molecule has 5 heteroatoms. The molecule has 0 radical (unpaired) electrons. The number of nitrogens with zero attached hydrogens (tertiary/aromatic N) is 2. The first-order valence-corrected chi connectivity index (χ1v) is 9.69. The van der Waals surface area contributed by atoms with Gasteiger partial charge in [-0.3, -0.25) is 4.90 Å². The van der Waals surface area contributed by atoms with Gasteiger partial charge in [0, 0.05) is 38.3 Å². The number of carbonyl (C=O) groups is 1. The van der Waals surface area contributed by atoms with E-state index in [1.165, 1.54) is 12.0 Å². The lowest BCUT2D eigenvalue weighted by Crippen LogP contribution is -2.48. The molecule has 1 aromatic rings. The number of nitrogens with one attached hydrogen (secondary N) is 1. The van der Waals surface area contributed by atoms with Crippen LogP contribution in [-0.4, -0.2) is 59.3 Å². The van der Waals surface area contributed by atoms with Crippen LogP contribution in [0.15, 0.2) is 30.3 Å². The molecule has 0 bridgehead atoms. The summed E-state index contributed by atoms with van der Waals surface area (Å²) < 4.78 is 0. The van der Waals surface area contributed by atoms with Gasteiger partial charge in [0.1, 0.15) is 0 Å². The van der Waals surface area contributed by atoms with Crippen LogP contribution >= 0.6 is 0 Å². The van der Waals surface area contributed by atoms with E-state index < -0.39 is 0 Å². The molecule has 136 valence electrons. The molecular formula is C20H29N3O2. The van der Waals surface area contributed by atoms with Crippen LogP contribution in [0.3, 0.4) is 0 Å². The Kier molecular flexibility index (Phi) is 4.95. The predicted octanol–water partition coefficient (Wildman–Crippen LogP) is 2.06. The maximum absolute atomic E-state index is 12.6. The number of benzene rings is 1. The molecule has 1 aromatic carbocycles. The van der Waals surface area contributed by atoms with Gasteiger partial charge in [0.15, 0.2) is 0 Å². The SMILES string of the molecule is O=C(N[C@@H]1CC[C@@H]2CN(Cc3ccccc3)C[C@@H]21)N(CCO)C1CC1. The minimum absolute atomic E-state index is 0.0312. The van der Waals surface area contributed by atoms with Gasteiger partial charge in [-0.05, 0) is 43.1 Å². The summed E-state index contributed by atoms with van der Waals surface area (Å²) in [4.78, 5) is 17.0. The van der Waals surface area contributed by atoms with Crippen molar-refractivity contribution in [3.8, 4) is 0 Å². The predicted molar refractivity (Wildman–Crippen MR) is 97.1 cm³/mol. The van der Waals surface area contributed by atoms with Gasteiger partial charge >= 0.3 is 6.03 Å². The van der Waals surface area contributed by atoms with Crippen LogP contribution in [0.4, 0.5) is 4.79 Å². The minimum Gasteiger partial charge on any atom is -0.395 e. The molecule has 0 aromatic heterocycles. The van der Waals surface area contributed by atoms with Crippen LogP contribution < -0.4 is 5.32 Å². The van der Waals surface area contributed by atoms with E-state index in [9.17, 15) is 9.90 Å². The average Bonchev–Trinajstić information content (AvgIpc) is 3.28. The summed E-state index contributed by atoms with van der Waals surface area (Å²) in [6.07, 6.45) is 4.46. The molecule has 1 aliphatic heterocycles. The highest BCUT2D eigenvalue weighted by Crippen LogP contribution is 2.39. The second kappa shape index (κ2) is 7.34. The van der Waals surface area contributed by atoms with Gasteiger partial charge < -0.3 is 15.3 Å². The van der Waals surface area contributed by atoms with Crippen molar-refractivity contribution >= 4 is 6.03 Å². The molecule has 25 heavy (non-hydrogen) atoms. The summed E-state index contributed by atoms with van der Waals surface area (Å²) in [5, 5.41) is 12.5. The molecular weight excluding hydrogens is 314 g/mol. The second-order valence-electron chi connectivity index (χ2n) is 7.89. The molecule has 0 unspecified atom stereocenters. The summed E-state index contributed by atoms with van der Waals surface area (Å²) in [7, 11) is 0. The molecule has 2 aliphatic carbocycles. The third kappa shape index (κ3) is 3.82. The maximum Gasteiger partial charge on any atom is 0.317 e. The highest BCUT2D eigenvalue weighted by Gasteiger charge is 2.44. The normalized spacial score (nSPS) is 28.8. The van der Waals surface area contributed by atoms with E-state index in [2.05, 4.69) is 40.5 Å². The van der Waals surface area contributed by atoms with Gasteiger partial charge in [0.25, 0.3) is 0 Å². The zero-order valence-corrected chi connectivity index (χ0v) is 14.8. The molecule has 4 rings (SSSR count). The molecule has 3 aliphatic rings. The molecule has 3 atom stereocenters. The van der Waals surface area contributed by atoms with Gasteiger partial charge in [-0.25, -0.2) is 4.79 Å². The van der Waals surface area contributed by atoms with E-state index in [1.807, 2.05) is 4.90 Å². The van der Waals surface area contributed by atoms with E-state index in [1.54, 1.807) is 0 Å². The lowest BCUT2D eigenvalue weighted by Gasteiger charge is -2.27. The molecule has 1 saturated heterocycles. The topological polar surface area (TPSA) is 55.8 Å². The number of amides is 2. The van der Waals surface area contributed by atoms with Gasteiger partial charge in [-0.1, -0.05) is 30.3 Å². The van der Waals surface area contributed by atoms with Crippen LogP contribution in [0.25, 0.3) is 0 Å². The standard InChI is InChI=1S/C20H29N3O2/c24-11-10-23(17-7-8-17)20(25)21-19-9-6-16-13-22(14-18(16)19)12-15-4-2-1-3-5-15/h1-5,16-19,24H,6-14H2,(H,21,25)/t16-,18+,19-/m1/s1. The van der Waals surface area contributed by atoms with Crippen LogP contribution in [0.2, 0.25) is 0 Å². The summed E-state index contributed by atoms with van der Waals surface area (Å²) in [5.74, 6) is 1.28. The van der Waals surface area contributed by atoms with Crippen molar-refractivity contribution in [2.24, 2.45) is 11.8 Å². The van der Waals surface area contributed by atoms with Crippen molar-refractivity contribution in [3.63, 3.8) is 0 Å². The zero-order valence-electron chi connectivity index (χ0n) is 14.8. The van der Waals surface area contributed by atoms with Crippen molar-refractivity contribution in [1.29, 1.82) is 0 Å². The maximum atomic E-state index is 12.6. The van der Waals surface area contributed by atoms with Crippen LogP contribution in [0.5, 0.6) is 0 Å². The number of rotatable bonds is 6. The molecule has 2 amide bonds. The summed E-state index contributed by atoms with van der Waals surface area (Å²) in [6, 6.07) is 11.3. The minimum atomic E-state index is 0.0312. The van der Waals surface area contributed by atoms with E-state index >= 15 is 0 Å². The Balaban J connectivity index is 1.33. The van der Waals surface area contributed by atoms with E-state index in [4.69, 9.17) is 0 Å². The number of hydrogen-bond acceptors (Lipinski definition) is 3. The first-order valence-electron chi connectivity index (χ1n) is 9.69. The van der Waals surface area contributed by atoms with Crippen LogP contribution in [-0.2, 0) is 6.54 Å². The third-order valence-electron chi connectivity index (χ3n) is 6.08. The molecule has 3 fully saturated rings. The summed E-state index contributed by atoms with van der Waals surface area (Å²) >= 11 is 0. The number of aliphatic hydroxyl groups excluding tert-OH is 1. The molecule has 2 N–H and O–H groups in total. The van der Waals surface area contributed by atoms with Crippen molar-refractivity contribution in [1.82, 2.24) is 15.1 Å². The number of likely N-dealkylation sites (tertiary alicyclic amines) is 1. The Morgan fingerprint density at radius 1 is 1.16 bits per heavy atom. The highest BCUT2D eigenvalue weighted by molar-refractivity contribution is 5.75. The Labute approximate surface area is 150 Å². The molecule has 0 spiro atoms. The largest absolute Gasteiger partial charge is 0.395 e. The van der Waals surface area contributed by atoms with Gasteiger partial charge in [0.05, 0.1) is 6.61 Å².